The van der Waals surface area contributed by atoms with Gasteiger partial charge in [-0.2, -0.15) is 0 Å². The molecule has 0 aliphatic carbocycles. The number of piperazine rings is 1. The van der Waals surface area contributed by atoms with Gasteiger partial charge in [-0.15, -0.1) is 0 Å². The van der Waals surface area contributed by atoms with Crippen LogP contribution < -0.4 is 5.56 Å². The molecule has 3 heterocycles. The second kappa shape index (κ2) is 7.29. The summed E-state index contributed by atoms with van der Waals surface area (Å²) < 4.78 is 6.32. The number of rotatable bonds is 4. The first-order valence-corrected chi connectivity index (χ1v) is 8.11. The number of ether oxygens (including phenoxy) is 1. The summed E-state index contributed by atoms with van der Waals surface area (Å²) in [5.41, 5.74) is 1.15. The van der Waals surface area contributed by atoms with Gasteiger partial charge in [-0.3, -0.25) is 18.9 Å². The van der Waals surface area contributed by atoms with E-state index in [4.69, 9.17) is 16.3 Å². The van der Waals surface area contributed by atoms with Gasteiger partial charge in [0.05, 0.1) is 10.7 Å². The number of hydrogen-bond donors (Lipinski definition) is 0. The van der Waals surface area contributed by atoms with E-state index in [0.29, 0.717) is 30.3 Å². The SMILES string of the molecule is COCC(=O)N1CCN(Cc2cc(=O)n3cc(Cl)ccc3n2)CC1. The summed E-state index contributed by atoms with van der Waals surface area (Å²) in [6.07, 6.45) is 1.57. The van der Waals surface area contributed by atoms with Gasteiger partial charge in [0.25, 0.3) is 5.56 Å². The summed E-state index contributed by atoms with van der Waals surface area (Å²) in [4.78, 5) is 32.5. The van der Waals surface area contributed by atoms with Crippen LogP contribution in [0.3, 0.4) is 0 Å². The predicted molar refractivity (Wildman–Crippen MR) is 90.2 cm³/mol. The molecule has 24 heavy (non-hydrogen) atoms. The average Bonchev–Trinajstić information content (AvgIpc) is 2.56. The molecule has 0 aromatic carbocycles. The number of hydrogen-bond acceptors (Lipinski definition) is 5. The molecule has 0 spiro atoms. The molecule has 0 saturated carbocycles. The van der Waals surface area contributed by atoms with E-state index in [0.717, 1.165) is 18.8 Å². The molecule has 0 unspecified atom stereocenters. The van der Waals surface area contributed by atoms with Gasteiger partial charge in [0.2, 0.25) is 5.91 Å². The molecule has 1 aliphatic heterocycles. The van der Waals surface area contributed by atoms with Gasteiger partial charge in [-0.1, -0.05) is 11.6 Å². The number of fused-ring (bicyclic) bond motifs is 1. The maximum Gasteiger partial charge on any atom is 0.258 e. The molecule has 3 rings (SSSR count). The van der Waals surface area contributed by atoms with Crippen LogP contribution in [-0.4, -0.2) is 65.0 Å². The molecule has 2 aromatic rings. The second-order valence-corrected chi connectivity index (χ2v) is 6.19. The highest BCUT2D eigenvalue weighted by atomic mass is 35.5. The van der Waals surface area contributed by atoms with Crippen LogP contribution >= 0.6 is 11.6 Å². The monoisotopic (exact) mass is 350 g/mol. The van der Waals surface area contributed by atoms with Gasteiger partial charge in [0.15, 0.2) is 0 Å². The molecule has 7 nitrogen and oxygen atoms in total. The van der Waals surface area contributed by atoms with Gasteiger partial charge < -0.3 is 9.64 Å². The fourth-order valence-electron chi connectivity index (χ4n) is 2.81. The molecule has 2 aromatic heterocycles. The molecule has 1 aliphatic rings. The topological polar surface area (TPSA) is 67.2 Å². The Morgan fingerprint density at radius 2 is 2.04 bits per heavy atom. The summed E-state index contributed by atoms with van der Waals surface area (Å²) in [5.74, 6) is 0.0103. The minimum Gasteiger partial charge on any atom is -0.375 e. The van der Waals surface area contributed by atoms with Crippen molar-refractivity contribution in [2.45, 2.75) is 6.54 Å². The molecule has 1 saturated heterocycles. The number of amides is 1. The number of halogens is 1. The Hall–Kier alpha value is -1.96. The molecule has 0 N–H and O–H groups in total. The Bertz CT molecular complexity index is 799. The maximum atomic E-state index is 12.2. The lowest BCUT2D eigenvalue weighted by Crippen LogP contribution is -2.49. The molecule has 1 amide bonds. The molecule has 1 fully saturated rings. The second-order valence-electron chi connectivity index (χ2n) is 5.75. The van der Waals surface area contributed by atoms with Gasteiger partial charge in [-0.05, 0) is 12.1 Å². The van der Waals surface area contributed by atoms with Crippen LogP contribution in [0.4, 0.5) is 0 Å². The molecule has 0 radical (unpaired) electrons. The van der Waals surface area contributed by atoms with Crippen molar-refractivity contribution in [2.75, 3.05) is 39.9 Å². The van der Waals surface area contributed by atoms with E-state index in [9.17, 15) is 9.59 Å². The van der Waals surface area contributed by atoms with Crippen LogP contribution in [-0.2, 0) is 16.1 Å². The van der Waals surface area contributed by atoms with E-state index < -0.39 is 0 Å². The Morgan fingerprint density at radius 3 is 2.75 bits per heavy atom. The van der Waals surface area contributed by atoms with Gasteiger partial charge in [0, 0.05) is 52.1 Å². The van der Waals surface area contributed by atoms with Crippen LogP contribution in [0.1, 0.15) is 5.69 Å². The molecular weight excluding hydrogens is 332 g/mol. The van der Waals surface area contributed by atoms with E-state index >= 15 is 0 Å². The van der Waals surface area contributed by atoms with Crippen molar-refractivity contribution >= 4 is 23.2 Å². The molecule has 128 valence electrons. The highest BCUT2D eigenvalue weighted by molar-refractivity contribution is 6.30. The number of carbonyl (C=O) groups excluding carboxylic acids is 1. The highest BCUT2D eigenvalue weighted by Crippen LogP contribution is 2.10. The third-order valence-corrected chi connectivity index (χ3v) is 4.28. The summed E-state index contributed by atoms with van der Waals surface area (Å²) in [6.45, 7) is 3.51. The van der Waals surface area contributed by atoms with Crippen molar-refractivity contribution < 1.29 is 9.53 Å². The predicted octanol–water partition coefficient (Wildman–Crippen LogP) is 0.639. The lowest BCUT2D eigenvalue weighted by molar-refractivity contribution is -0.136. The van der Waals surface area contributed by atoms with Crippen LogP contribution in [0.15, 0.2) is 29.2 Å². The zero-order valence-electron chi connectivity index (χ0n) is 13.4. The molecule has 8 heteroatoms. The number of pyridine rings is 1. The lowest BCUT2D eigenvalue weighted by atomic mass is 10.2. The maximum absolute atomic E-state index is 12.2. The van der Waals surface area contributed by atoms with Gasteiger partial charge in [-0.25, -0.2) is 4.98 Å². The zero-order valence-corrected chi connectivity index (χ0v) is 14.2. The summed E-state index contributed by atoms with van der Waals surface area (Å²) in [6, 6.07) is 4.98. The summed E-state index contributed by atoms with van der Waals surface area (Å²) in [5, 5.41) is 0.496. The molecule has 0 bridgehead atoms. The standard InChI is InChI=1S/C16H19ClN4O3/c1-24-11-16(23)20-6-4-19(5-7-20)10-13-8-15(22)21-9-12(17)2-3-14(21)18-13/h2-3,8-9H,4-7,10-11H2,1H3. The number of methoxy groups -OCH3 is 1. The molecule has 0 atom stereocenters. The van der Waals surface area contributed by atoms with Crippen LogP contribution in [0.2, 0.25) is 5.02 Å². The smallest absolute Gasteiger partial charge is 0.258 e. The third kappa shape index (κ3) is 3.75. The van der Waals surface area contributed by atoms with Crippen molar-refractivity contribution in [2.24, 2.45) is 0 Å². The van der Waals surface area contributed by atoms with Crippen molar-refractivity contribution in [1.82, 2.24) is 19.2 Å². The highest BCUT2D eigenvalue weighted by Gasteiger charge is 2.21. The van der Waals surface area contributed by atoms with E-state index in [-0.39, 0.29) is 18.1 Å². The quantitative estimate of drug-likeness (QED) is 0.809. The van der Waals surface area contributed by atoms with E-state index in [1.807, 2.05) is 0 Å². The van der Waals surface area contributed by atoms with Crippen LogP contribution in [0.25, 0.3) is 5.65 Å². The Morgan fingerprint density at radius 1 is 1.29 bits per heavy atom. The van der Waals surface area contributed by atoms with E-state index in [2.05, 4.69) is 9.88 Å². The fourth-order valence-corrected chi connectivity index (χ4v) is 2.97. The summed E-state index contributed by atoms with van der Waals surface area (Å²) in [7, 11) is 1.52. The van der Waals surface area contributed by atoms with Gasteiger partial charge >= 0.3 is 0 Å². The Balaban J connectivity index is 1.67. The fraction of sp³-hybridized carbons (Fsp3) is 0.438. The van der Waals surface area contributed by atoms with Crippen molar-refractivity contribution in [3.63, 3.8) is 0 Å². The van der Waals surface area contributed by atoms with Crippen LogP contribution in [0, 0.1) is 0 Å². The average molecular weight is 351 g/mol. The third-order valence-electron chi connectivity index (χ3n) is 4.05. The van der Waals surface area contributed by atoms with Gasteiger partial charge in [0.1, 0.15) is 12.3 Å². The normalized spacial score (nSPS) is 15.8. The minimum atomic E-state index is -0.147. The lowest BCUT2D eigenvalue weighted by Gasteiger charge is -2.34. The Kier molecular flexibility index (Phi) is 5.13. The number of nitrogens with zero attached hydrogens (tertiary/aromatic N) is 4. The number of carbonyl (C=O) groups is 1. The van der Waals surface area contributed by atoms with Crippen LogP contribution in [0.5, 0.6) is 0 Å². The largest absolute Gasteiger partial charge is 0.375 e. The first-order chi connectivity index (χ1) is 11.6. The summed E-state index contributed by atoms with van der Waals surface area (Å²) >= 11 is 5.91. The van der Waals surface area contributed by atoms with Crippen molar-refractivity contribution in [1.29, 1.82) is 0 Å². The van der Waals surface area contributed by atoms with Crippen molar-refractivity contribution in [3.05, 3.63) is 45.5 Å². The first kappa shape index (κ1) is 16.9. The first-order valence-electron chi connectivity index (χ1n) is 7.74. The minimum absolute atomic E-state index is 0.0103. The Labute approximate surface area is 144 Å². The number of aromatic nitrogens is 2. The van der Waals surface area contributed by atoms with Crippen molar-refractivity contribution in [3.8, 4) is 0 Å². The van der Waals surface area contributed by atoms with E-state index in [1.54, 1.807) is 23.2 Å². The molecular formula is C16H19ClN4O3. The zero-order chi connectivity index (χ0) is 17.1. The van der Waals surface area contributed by atoms with E-state index in [1.165, 1.54) is 17.6 Å².